The van der Waals surface area contributed by atoms with E-state index in [0.29, 0.717) is 6.54 Å². The van der Waals surface area contributed by atoms with Crippen molar-refractivity contribution >= 4 is 11.7 Å². The average molecular weight is 300 g/mol. The molecule has 116 valence electrons. The number of anilines is 1. The quantitative estimate of drug-likeness (QED) is 0.922. The first-order valence-electron chi connectivity index (χ1n) is 7.58. The molecule has 1 fully saturated rings. The van der Waals surface area contributed by atoms with Gasteiger partial charge in [0.1, 0.15) is 5.82 Å². The van der Waals surface area contributed by atoms with Crippen molar-refractivity contribution in [2.45, 2.75) is 32.2 Å². The molecule has 2 aromatic heterocycles. The molecule has 0 saturated carbocycles. The molecule has 2 aromatic rings. The van der Waals surface area contributed by atoms with Crippen LogP contribution in [0.25, 0.3) is 0 Å². The Morgan fingerprint density at radius 3 is 2.91 bits per heavy atom. The van der Waals surface area contributed by atoms with Gasteiger partial charge in [-0.1, -0.05) is 6.92 Å². The average Bonchev–Trinajstić information content (AvgIpc) is 3.03. The number of amides is 1. The van der Waals surface area contributed by atoms with Gasteiger partial charge in [-0.2, -0.15) is 0 Å². The number of aromatic nitrogens is 4. The van der Waals surface area contributed by atoms with Crippen molar-refractivity contribution < 1.29 is 4.79 Å². The van der Waals surface area contributed by atoms with Crippen molar-refractivity contribution in [2.24, 2.45) is 0 Å². The van der Waals surface area contributed by atoms with Gasteiger partial charge >= 0.3 is 0 Å². The summed E-state index contributed by atoms with van der Waals surface area (Å²) >= 11 is 0. The zero-order chi connectivity index (χ0) is 15.5. The van der Waals surface area contributed by atoms with Crippen LogP contribution in [0.1, 0.15) is 42.1 Å². The van der Waals surface area contributed by atoms with Gasteiger partial charge in [-0.15, -0.1) is 0 Å². The van der Waals surface area contributed by atoms with Crippen LogP contribution < -0.4 is 5.73 Å². The van der Waals surface area contributed by atoms with E-state index in [1.807, 2.05) is 17.3 Å². The molecule has 3 heterocycles. The molecule has 0 spiro atoms. The number of piperidine rings is 1. The third-order valence-electron chi connectivity index (χ3n) is 4.07. The summed E-state index contributed by atoms with van der Waals surface area (Å²) in [5.74, 6) is 1.10. The number of rotatable bonds is 3. The summed E-state index contributed by atoms with van der Waals surface area (Å²) in [7, 11) is 0. The number of nitrogens with zero attached hydrogens (tertiary/aromatic N) is 5. The predicted octanol–water partition coefficient (Wildman–Crippen LogP) is 1.29. The Hall–Kier alpha value is -2.44. The van der Waals surface area contributed by atoms with Gasteiger partial charge in [-0.05, 0) is 12.8 Å². The third kappa shape index (κ3) is 2.66. The van der Waals surface area contributed by atoms with Crippen molar-refractivity contribution in [3.05, 3.63) is 36.3 Å². The van der Waals surface area contributed by atoms with E-state index >= 15 is 0 Å². The fourth-order valence-corrected chi connectivity index (χ4v) is 2.98. The second kappa shape index (κ2) is 6.13. The highest BCUT2D eigenvalue weighted by molar-refractivity contribution is 5.96. The van der Waals surface area contributed by atoms with Crippen LogP contribution in [-0.4, -0.2) is 43.4 Å². The molecule has 0 aromatic carbocycles. The molecular formula is C15H20N6O. The summed E-state index contributed by atoms with van der Waals surface area (Å²) in [6.07, 6.45) is 9.68. The zero-order valence-electron chi connectivity index (χ0n) is 12.6. The molecule has 22 heavy (non-hydrogen) atoms. The topological polar surface area (TPSA) is 89.9 Å². The fourth-order valence-electron chi connectivity index (χ4n) is 2.98. The molecular weight excluding hydrogens is 280 g/mol. The van der Waals surface area contributed by atoms with Gasteiger partial charge < -0.3 is 15.2 Å². The van der Waals surface area contributed by atoms with Gasteiger partial charge in [0.05, 0.1) is 6.04 Å². The van der Waals surface area contributed by atoms with Crippen molar-refractivity contribution in [1.82, 2.24) is 24.4 Å². The summed E-state index contributed by atoms with van der Waals surface area (Å²) < 4.78 is 2.18. The molecule has 2 N–H and O–H groups in total. The maximum Gasteiger partial charge on any atom is 0.276 e. The Balaban J connectivity index is 1.79. The van der Waals surface area contributed by atoms with Crippen LogP contribution in [0.3, 0.4) is 0 Å². The Bertz CT molecular complexity index is 668. The van der Waals surface area contributed by atoms with Crippen LogP contribution in [0, 0.1) is 0 Å². The summed E-state index contributed by atoms with van der Waals surface area (Å²) in [4.78, 5) is 26.8. The molecule has 7 nitrogen and oxygen atoms in total. The first-order valence-corrected chi connectivity index (χ1v) is 7.58. The van der Waals surface area contributed by atoms with E-state index in [4.69, 9.17) is 5.73 Å². The van der Waals surface area contributed by atoms with Gasteiger partial charge in [-0.25, -0.2) is 15.0 Å². The zero-order valence-corrected chi connectivity index (χ0v) is 12.6. The fraction of sp³-hybridized carbons (Fsp3) is 0.467. The maximum absolute atomic E-state index is 12.6. The van der Waals surface area contributed by atoms with E-state index in [2.05, 4.69) is 26.4 Å². The molecule has 3 rings (SSSR count). The molecule has 1 unspecified atom stereocenters. The largest absolute Gasteiger partial charge is 0.382 e. The number of imidazole rings is 1. The summed E-state index contributed by atoms with van der Waals surface area (Å²) in [5, 5.41) is 0. The summed E-state index contributed by atoms with van der Waals surface area (Å²) in [6, 6.07) is 0.257. The van der Waals surface area contributed by atoms with E-state index in [1.165, 1.54) is 12.4 Å². The van der Waals surface area contributed by atoms with E-state index in [1.54, 1.807) is 0 Å². The standard InChI is InChI=1S/C15H20N6O/c1-2-12-17-7-9-21(12)11-4-3-8-20(10-11)15(22)13-14(16)19-6-5-18-13/h5-7,9,11H,2-4,8,10H2,1H3,(H2,16,19). The van der Waals surface area contributed by atoms with Crippen LogP contribution in [0.4, 0.5) is 5.82 Å². The molecule has 1 atom stereocenters. The smallest absolute Gasteiger partial charge is 0.276 e. The van der Waals surface area contributed by atoms with Gasteiger partial charge in [-0.3, -0.25) is 4.79 Å². The number of hydrogen-bond donors (Lipinski definition) is 1. The molecule has 1 amide bonds. The second-order valence-electron chi connectivity index (χ2n) is 5.44. The van der Waals surface area contributed by atoms with E-state index in [-0.39, 0.29) is 23.5 Å². The molecule has 1 saturated heterocycles. The lowest BCUT2D eigenvalue weighted by Gasteiger charge is -2.34. The molecule has 1 aliphatic rings. The Labute approximate surface area is 129 Å². The Morgan fingerprint density at radius 1 is 1.32 bits per heavy atom. The van der Waals surface area contributed by atoms with Crippen molar-refractivity contribution in [1.29, 1.82) is 0 Å². The lowest BCUT2D eigenvalue weighted by Crippen LogP contribution is -2.41. The molecule has 0 bridgehead atoms. The normalized spacial score (nSPS) is 18.4. The number of carbonyl (C=O) groups is 1. The highest BCUT2D eigenvalue weighted by Crippen LogP contribution is 2.24. The molecule has 7 heteroatoms. The number of likely N-dealkylation sites (tertiary alicyclic amines) is 1. The number of nitrogens with two attached hydrogens (primary N) is 1. The summed E-state index contributed by atoms with van der Waals surface area (Å²) in [6.45, 7) is 3.46. The van der Waals surface area contributed by atoms with E-state index < -0.39 is 0 Å². The van der Waals surface area contributed by atoms with Crippen molar-refractivity contribution in [3.8, 4) is 0 Å². The minimum Gasteiger partial charge on any atom is -0.382 e. The van der Waals surface area contributed by atoms with Gasteiger partial charge in [0.25, 0.3) is 5.91 Å². The van der Waals surface area contributed by atoms with Crippen molar-refractivity contribution in [3.63, 3.8) is 0 Å². The van der Waals surface area contributed by atoms with E-state index in [9.17, 15) is 4.79 Å². The lowest BCUT2D eigenvalue weighted by atomic mass is 10.0. The van der Waals surface area contributed by atoms with Crippen LogP contribution in [0.5, 0.6) is 0 Å². The minimum atomic E-state index is -0.145. The highest BCUT2D eigenvalue weighted by Gasteiger charge is 2.28. The monoisotopic (exact) mass is 300 g/mol. The van der Waals surface area contributed by atoms with Crippen LogP contribution >= 0.6 is 0 Å². The van der Waals surface area contributed by atoms with Crippen LogP contribution in [0.2, 0.25) is 0 Å². The Kier molecular flexibility index (Phi) is 4.04. The van der Waals surface area contributed by atoms with Gasteiger partial charge in [0, 0.05) is 44.3 Å². The van der Waals surface area contributed by atoms with Crippen LogP contribution in [0.15, 0.2) is 24.8 Å². The number of nitrogen functional groups attached to an aromatic ring is 1. The van der Waals surface area contributed by atoms with E-state index in [0.717, 1.165) is 31.6 Å². The predicted molar refractivity (Wildman–Crippen MR) is 82.2 cm³/mol. The SMILES string of the molecule is CCc1nccn1C1CCCN(C(=O)c2nccnc2N)C1. The Morgan fingerprint density at radius 2 is 2.14 bits per heavy atom. The maximum atomic E-state index is 12.6. The molecule has 0 aliphatic carbocycles. The number of carbonyl (C=O) groups excluding carboxylic acids is 1. The molecule has 1 aliphatic heterocycles. The first kappa shape index (κ1) is 14.5. The molecule has 0 radical (unpaired) electrons. The lowest BCUT2D eigenvalue weighted by molar-refractivity contribution is 0.0673. The summed E-state index contributed by atoms with van der Waals surface area (Å²) in [5.41, 5.74) is 6.01. The van der Waals surface area contributed by atoms with Gasteiger partial charge in [0.15, 0.2) is 11.5 Å². The number of hydrogen-bond acceptors (Lipinski definition) is 5. The van der Waals surface area contributed by atoms with Gasteiger partial charge in [0.2, 0.25) is 0 Å². The minimum absolute atomic E-state index is 0.145. The van der Waals surface area contributed by atoms with Crippen LogP contribution in [-0.2, 0) is 6.42 Å². The number of aryl methyl sites for hydroxylation is 1. The second-order valence-corrected chi connectivity index (χ2v) is 5.44. The highest BCUT2D eigenvalue weighted by atomic mass is 16.2. The first-order chi connectivity index (χ1) is 10.7. The van der Waals surface area contributed by atoms with Crippen molar-refractivity contribution in [2.75, 3.05) is 18.8 Å². The third-order valence-corrected chi connectivity index (χ3v) is 4.07.